The van der Waals surface area contributed by atoms with Crippen molar-refractivity contribution in [1.82, 2.24) is 5.32 Å². The molecule has 0 spiro atoms. The van der Waals surface area contributed by atoms with Gasteiger partial charge in [-0.2, -0.15) is 5.10 Å². The van der Waals surface area contributed by atoms with Crippen molar-refractivity contribution >= 4 is 29.2 Å². The molecule has 1 aliphatic heterocycles. The Morgan fingerprint density at radius 1 is 1.25 bits per heavy atom. The number of hydrogen-bond donors (Lipinski definition) is 2. The zero-order valence-corrected chi connectivity index (χ0v) is 14.2. The van der Waals surface area contributed by atoms with Crippen LogP contribution in [0.5, 0.6) is 0 Å². The Hall–Kier alpha value is -2.70. The van der Waals surface area contributed by atoms with Crippen molar-refractivity contribution in [3.8, 4) is 0 Å². The molecule has 0 saturated carbocycles. The number of amides is 2. The zero-order chi connectivity index (χ0) is 18.1. The SMILES string of the molecule is Cc1ccc(C)c(N2N=C(C(=O)NC(C)(C)C(=O)O)CCC2=O)c1. The van der Waals surface area contributed by atoms with Crippen LogP contribution in [-0.4, -0.2) is 34.1 Å². The topological polar surface area (TPSA) is 99.1 Å². The molecule has 2 rings (SSSR count). The number of aliphatic carboxylic acids is 1. The number of carbonyl (C=O) groups is 3. The monoisotopic (exact) mass is 331 g/mol. The number of anilines is 1. The van der Waals surface area contributed by atoms with Crippen LogP contribution >= 0.6 is 0 Å². The predicted octanol–water partition coefficient (Wildman–Crippen LogP) is 1.77. The Morgan fingerprint density at radius 2 is 1.92 bits per heavy atom. The quantitative estimate of drug-likeness (QED) is 0.878. The molecule has 0 aromatic heterocycles. The lowest BCUT2D eigenvalue weighted by Gasteiger charge is -2.26. The molecular formula is C17H21N3O4. The minimum Gasteiger partial charge on any atom is -0.480 e. The van der Waals surface area contributed by atoms with E-state index in [1.54, 1.807) is 0 Å². The number of benzene rings is 1. The van der Waals surface area contributed by atoms with E-state index in [1.807, 2.05) is 32.0 Å². The molecule has 0 aliphatic carbocycles. The first-order valence-corrected chi connectivity index (χ1v) is 7.65. The van der Waals surface area contributed by atoms with Gasteiger partial charge < -0.3 is 10.4 Å². The Bertz CT molecular complexity index is 737. The molecule has 0 radical (unpaired) electrons. The summed E-state index contributed by atoms with van der Waals surface area (Å²) in [6.07, 6.45) is 0.328. The summed E-state index contributed by atoms with van der Waals surface area (Å²) >= 11 is 0. The van der Waals surface area contributed by atoms with Gasteiger partial charge in [0.05, 0.1) is 5.69 Å². The molecule has 0 atom stereocenters. The second kappa shape index (κ2) is 6.43. The average molecular weight is 331 g/mol. The molecule has 7 nitrogen and oxygen atoms in total. The summed E-state index contributed by atoms with van der Waals surface area (Å²) in [5.74, 6) is -1.92. The van der Waals surface area contributed by atoms with E-state index in [0.717, 1.165) is 11.1 Å². The smallest absolute Gasteiger partial charge is 0.328 e. The highest BCUT2D eigenvalue weighted by Crippen LogP contribution is 2.25. The normalized spacial score (nSPS) is 15.1. The van der Waals surface area contributed by atoms with Crippen LogP contribution in [0.25, 0.3) is 0 Å². The molecular weight excluding hydrogens is 310 g/mol. The summed E-state index contributed by atoms with van der Waals surface area (Å²) in [6, 6.07) is 5.65. The maximum Gasteiger partial charge on any atom is 0.328 e. The van der Waals surface area contributed by atoms with E-state index in [9.17, 15) is 14.4 Å². The summed E-state index contributed by atoms with van der Waals surface area (Å²) in [7, 11) is 0. The fourth-order valence-corrected chi connectivity index (χ4v) is 2.26. The Kier molecular flexibility index (Phi) is 4.73. The lowest BCUT2D eigenvalue weighted by atomic mass is 10.0. The number of carboxylic acid groups (broad SMARTS) is 1. The van der Waals surface area contributed by atoms with Crippen LogP contribution in [0.4, 0.5) is 5.69 Å². The summed E-state index contributed by atoms with van der Waals surface area (Å²) in [5.41, 5.74) is 1.20. The van der Waals surface area contributed by atoms with Gasteiger partial charge in [-0.15, -0.1) is 0 Å². The van der Waals surface area contributed by atoms with E-state index >= 15 is 0 Å². The van der Waals surface area contributed by atoms with Gasteiger partial charge in [0.2, 0.25) is 5.91 Å². The van der Waals surface area contributed by atoms with Crippen LogP contribution in [0.2, 0.25) is 0 Å². The van der Waals surface area contributed by atoms with Gasteiger partial charge in [-0.05, 0) is 44.9 Å². The first-order valence-electron chi connectivity index (χ1n) is 7.65. The van der Waals surface area contributed by atoms with Gasteiger partial charge in [0.15, 0.2) is 0 Å². The molecule has 1 aromatic carbocycles. The van der Waals surface area contributed by atoms with Gasteiger partial charge >= 0.3 is 5.97 Å². The molecule has 0 saturated heterocycles. The van der Waals surface area contributed by atoms with E-state index in [2.05, 4.69) is 10.4 Å². The van der Waals surface area contributed by atoms with Crippen LogP contribution in [0, 0.1) is 13.8 Å². The summed E-state index contributed by atoms with van der Waals surface area (Å²) in [5, 5.41) is 16.9. The molecule has 128 valence electrons. The Balaban J connectivity index is 2.32. The van der Waals surface area contributed by atoms with E-state index in [1.165, 1.54) is 18.9 Å². The van der Waals surface area contributed by atoms with Crippen molar-refractivity contribution < 1.29 is 19.5 Å². The number of hydrogen-bond acceptors (Lipinski definition) is 4. The molecule has 1 aromatic rings. The molecule has 7 heteroatoms. The maximum atomic E-state index is 12.3. The molecule has 2 N–H and O–H groups in total. The molecule has 0 unspecified atom stereocenters. The maximum absolute atomic E-state index is 12.3. The lowest BCUT2D eigenvalue weighted by Crippen LogP contribution is -2.52. The first kappa shape index (κ1) is 17.7. The van der Waals surface area contributed by atoms with Crippen molar-refractivity contribution in [1.29, 1.82) is 0 Å². The van der Waals surface area contributed by atoms with Crippen molar-refractivity contribution in [3.63, 3.8) is 0 Å². The molecule has 1 aliphatic rings. The van der Waals surface area contributed by atoms with Crippen molar-refractivity contribution in [2.45, 2.75) is 46.1 Å². The fraction of sp³-hybridized carbons (Fsp3) is 0.412. The Labute approximate surface area is 140 Å². The van der Waals surface area contributed by atoms with Crippen LogP contribution < -0.4 is 10.3 Å². The highest BCUT2D eigenvalue weighted by Gasteiger charge is 2.33. The number of carboxylic acids is 1. The van der Waals surface area contributed by atoms with E-state index in [4.69, 9.17) is 5.11 Å². The predicted molar refractivity (Wildman–Crippen MR) is 89.9 cm³/mol. The molecule has 1 heterocycles. The van der Waals surface area contributed by atoms with Gasteiger partial charge in [0, 0.05) is 12.8 Å². The number of nitrogens with one attached hydrogen (secondary N) is 1. The van der Waals surface area contributed by atoms with Crippen molar-refractivity contribution in [2.24, 2.45) is 5.10 Å². The van der Waals surface area contributed by atoms with Crippen LogP contribution in [-0.2, 0) is 14.4 Å². The molecule has 0 fully saturated rings. The summed E-state index contributed by atoms with van der Waals surface area (Å²) < 4.78 is 0. The van der Waals surface area contributed by atoms with E-state index in [-0.39, 0.29) is 24.5 Å². The van der Waals surface area contributed by atoms with Crippen LogP contribution in [0.15, 0.2) is 23.3 Å². The van der Waals surface area contributed by atoms with Crippen LogP contribution in [0.3, 0.4) is 0 Å². The second-order valence-electron chi connectivity index (χ2n) is 6.43. The number of aryl methyl sites for hydroxylation is 2. The van der Waals surface area contributed by atoms with Gasteiger partial charge in [-0.3, -0.25) is 9.59 Å². The fourth-order valence-electron chi connectivity index (χ4n) is 2.26. The lowest BCUT2D eigenvalue weighted by molar-refractivity contribution is -0.145. The minimum atomic E-state index is -1.41. The third kappa shape index (κ3) is 3.61. The highest BCUT2D eigenvalue weighted by molar-refractivity contribution is 6.40. The third-order valence-electron chi connectivity index (χ3n) is 3.85. The molecule has 2 amide bonds. The van der Waals surface area contributed by atoms with Crippen molar-refractivity contribution in [2.75, 3.05) is 5.01 Å². The third-order valence-corrected chi connectivity index (χ3v) is 3.85. The summed E-state index contributed by atoms with van der Waals surface area (Å²) in [6.45, 7) is 6.55. The average Bonchev–Trinajstić information content (AvgIpc) is 2.49. The first-order chi connectivity index (χ1) is 11.1. The van der Waals surface area contributed by atoms with E-state index in [0.29, 0.717) is 5.69 Å². The Morgan fingerprint density at radius 3 is 2.54 bits per heavy atom. The van der Waals surface area contributed by atoms with Gasteiger partial charge in [-0.25, -0.2) is 9.80 Å². The number of nitrogens with zero attached hydrogens (tertiary/aromatic N) is 2. The number of hydrazone groups is 1. The largest absolute Gasteiger partial charge is 0.480 e. The standard InChI is InChI=1S/C17H21N3O4/c1-10-5-6-11(2)13(9-10)20-14(21)8-7-12(19-20)15(22)18-17(3,4)16(23)24/h5-6,9H,7-8H2,1-4H3,(H,18,22)(H,23,24). The van der Waals surface area contributed by atoms with Crippen molar-refractivity contribution in [3.05, 3.63) is 29.3 Å². The summed E-state index contributed by atoms with van der Waals surface area (Å²) in [4.78, 5) is 35.7. The number of rotatable bonds is 4. The molecule has 24 heavy (non-hydrogen) atoms. The van der Waals surface area contributed by atoms with Gasteiger partial charge in [-0.1, -0.05) is 12.1 Å². The zero-order valence-electron chi connectivity index (χ0n) is 14.2. The molecule has 0 bridgehead atoms. The van der Waals surface area contributed by atoms with Gasteiger partial charge in [0.1, 0.15) is 11.3 Å². The second-order valence-corrected chi connectivity index (χ2v) is 6.43. The minimum absolute atomic E-state index is 0.143. The van der Waals surface area contributed by atoms with E-state index < -0.39 is 17.4 Å². The highest BCUT2D eigenvalue weighted by atomic mass is 16.4. The van der Waals surface area contributed by atoms with Crippen LogP contribution in [0.1, 0.15) is 37.8 Å². The van der Waals surface area contributed by atoms with Gasteiger partial charge in [0.25, 0.3) is 5.91 Å². The number of carbonyl (C=O) groups excluding carboxylic acids is 2.